The molecule has 7 heterocycles. The highest BCUT2D eigenvalue weighted by molar-refractivity contribution is 7.18. The average molecular weight is 500 g/mol. The molecule has 0 aliphatic carbocycles. The van der Waals surface area contributed by atoms with Crippen molar-refractivity contribution in [1.82, 2.24) is 29.7 Å². The molecule has 0 aromatic carbocycles. The van der Waals surface area contributed by atoms with E-state index in [-0.39, 0.29) is 11.9 Å². The first-order valence-electron chi connectivity index (χ1n) is 11.9. The number of amides is 1. The van der Waals surface area contributed by atoms with Crippen molar-refractivity contribution >= 4 is 33.6 Å². The number of nitrogens with one attached hydrogen (secondary N) is 1. The molecule has 3 saturated heterocycles. The van der Waals surface area contributed by atoms with Gasteiger partial charge >= 0.3 is 0 Å². The van der Waals surface area contributed by atoms with Crippen LogP contribution < -0.4 is 10.2 Å². The molecule has 3 fully saturated rings. The van der Waals surface area contributed by atoms with Crippen LogP contribution in [0.3, 0.4) is 0 Å². The van der Waals surface area contributed by atoms with Crippen LogP contribution in [-0.2, 0) is 4.79 Å². The molecule has 0 saturated carbocycles. The summed E-state index contributed by atoms with van der Waals surface area (Å²) in [4.78, 5) is 20.8. The first-order valence-corrected chi connectivity index (χ1v) is 12.8. The van der Waals surface area contributed by atoms with Crippen LogP contribution in [0.5, 0.6) is 0 Å². The number of anilines is 2. The lowest BCUT2D eigenvalue weighted by Gasteiger charge is -2.55. The summed E-state index contributed by atoms with van der Waals surface area (Å²) in [5, 5.41) is 27.9. The Morgan fingerprint density at radius 1 is 1.19 bits per heavy atom. The maximum Gasteiger partial charge on any atom is 0.219 e. The third-order valence-corrected chi connectivity index (χ3v) is 7.71. The zero-order valence-corrected chi connectivity index (χ0v) is 21.0. The van der Waals surface area contributed by atoms with Gasteiger partial charge in [0.15, 0.2) is 5.01 Å². The number of nitriles is 1. The molecule has 7 rings (SSSR count). The highest BCUT2D eigenvalue weighted by Crippen LogP contribution is 2.41. The highest BCUT2D eigenvalue weighted by atomic mass is 32.1. The van der Waals surface area contributed by atoms with Gasteiger partial charge in [-0.15, -0.1) is 10.2 Å². The summed E-state index contributed by atoms with van der Waals surface area (Å²) in [6, 6.07) is 10.7. The number of rotatable bonds is 5. The Kier molecular flexibility index (Phi) is 5.34. The molecule has 182 valence electrons. The second-order valence-electron chi connectivity index (χ2n) is 9.59. The number of piperidine rings is 1. The minimum atomic E-state index is 0.134. The van der Waals surface area contributed by atoms with Gasteiger partial charge in [-0.05, 0) is 44.5 Å². The van der Waals surface area contributed by atoms with E-state index < -0.39 is 0 Å². The van der Waals surface area contributed by atoms with Crippen LogP contribution in [0.25, 0.3) is 27.5 Å². The second-order valence-corrected chi connectivity index (χ2v) is 10.5. The molecule has 2 bridgehead atoms. The van der Waals surface area contributed by atoms with Crippen molar-refractivity contribution < 1.29 is 4.79 Å². The quantitative estimate of drug-likeness (QED) is 0.444. The van der Waals surface area contributed by atoms with Gasteiger partial charge in [-0.1, -0.05) is 11.3 Å². The van der Waals surface area contributed by atoms with Gasteiger partial charge in [0.05, 0.1) is 46.3 Å². The number of carbonyl (C=O) groups excluding carboxylic acids is 1. The molecule has 3 aliphatic rings. The van der Waals surface area contributed by atoms with Crippen LogP contribution in [0, 0.1) is 11.3 Å². The van der Waals surface area contributed by atoms with Gasteiger partial charge in [-0.2, -0.15) is 10.4 Å². The molecule has 1 amide bonds. The Labute approximate surface area is 212 Å². The van der Waals surface area contributed by atoms with Gasteiger partial charge in [-0.3, -0.25) is 9.78 Å². The van der Waals surface area contributed by atoms with E-state index in [1.807, 2.05) is 35.4 Å². The van der Waals surface area contributed by atoms with E-state index in [2.05, 4.69) is 45.4 Å². The summed E-state index contributed by atoms with van der Waals surface area (Å²) in [5.74, 6) is 0.134. The Hall–Kier alpha value is -4.04. The van der Waals surface area contributed by atoms with Gasteiger partial charge in [0.2, 0.25) is 11.0 Å². The molecule has 10 nitrogen and oxygen atoms in total. The minimum Gasteiger partial charge on any atom is -0.382 e. The Bertz CT molecular complexity index is 1510. The van der Waals surface area contributed by atoms with Gasteiger partial charge < -0.3 is 15.1 Å². The normalized spacial score (nSPS) is 18.9. The number of piperazine rings is 1. The SMILES string of the molecule is CC(=O)N1CC2CC(C1)N2c1nnc(-c2cnc(-c3ccc4cc(C#N)cnn34)cc2NC(C)C)s1. The number of nitrogens with zero attached hydrogens (tertiary/aromatic N) is 8. The first-order chi connectivity index (χ1) is 17.4. The third-order valence-electron chi connectivity index (χ3n) is 6.74. The average Bonchev–Trinajstić information content (AvgIpc) is 3.50. The van der Waals surface area contributed by atoms with Gasteiger partial charge in [-0.25, -0.2) is 4.52 Å². The third kappa shape index (κ3) is 3.74. The highest BCUT2D eigenvalue weighted by Gasteiger charge is 2.46. The van der Waals surface area contributed by atoms with Crippen molar-refractivity contribution in [2.75, 3.05) is 23.3 Å². The van der Waals surface area contributed by atoms with Crippen molar-refractivity contribution in [3.8, 4) is 28.0 Å². The van der Waals surface area contributed by atoms with E-state index in [1.165, 1.54) is 0 Å². The minimum absolute atomic E-state index is 0.134. The smallest absolute Gasteiger partial charge is 0.219 e. The number of fused-ring (bicyclic) bond motifs is 3. The summed E-state index contributed by atoms with van der Waals surface area (Å²) in [7, 11) is 0. The Morgan fingerprint density at radius 3 is 2.72 bits per heavy atom. The van der Waals surface area contributed by atoms with Crippen LogP contribution >= 0.6 is 11.3 Å². The number of hydrogen-bond donors (Lipinski definition) is 1. The van der Waals surface area contributed by atoms with E-state index >= 15 is 0 Å². The van der Waals surface area contributed by atoms with Gasteiger partial charge in [0.25, 0.3) is 0 Å². The monoisotopic (exact) mass is 499 g/mol. The second kappa shape index (κ2) is 8.57. The fourth-order valence-electron chi connectivity index (χ4n) is 5.06. The lowest BCUT2D eigenvalue weighted by Crippen LogP contribution is -2.69. The van der Waals surface area contributed by atoms with Crippen molar-refractivity contribution in [3.63, 3.8) is 0 Å². The van der Waals surface area contributed by atoms with Crippen LogP contribution in [-0.4, -0.2) is 66.8 Å². The summed E-state index contributed by atoms with van der Waals surface area (Å²) in [6.45, 7) is 7.30. The molecule has 2 unspecified atom stereocenters. The molecule has 1 N–H and O–H groups in total. The van der Waals surface area contributed by atoms with Gasteiger partial charge in [0, 0.05) is 37.9 Å². The number of pyridine rings is 1. The molecule has 4 aromatic heterocycles. The van der Waals surface area contributed by atoms with Crippen LogP contribution in [0.1, 0.15) is 32.8 Å². The molecular formula is C25H25N9OS. The van der Waals surface area contributed by atoms with E-state index in [4.69, 9.17) is 10.2 Å². The first kappa shape index (κ1) is 22.4. The van der Waals surface area contributed by atoms with E-state index in [1.54, 1.807) is 29.0 Å². The molecule has 11 heteroatoms. The Morgan fingerprint density at radius 2 is 2.00 bits per heavy atom. The molecule has 4 aromatic rings. The summed E-state index contributed by atoms with van der Waals surface area (Å²) >= 11 is 1.56. The molecule has 36 heavy (non-hydrogen) atoms. The van der Waals surface area contributed by atoms with Crippen molar-refractivity contribution in [2.45, 2.75) is 45.3 Å². The van der Waals surface area contributed by atoms with E-state index in [9.17, 15) is 4.79 Å². The van der Waals surface area contributed by atoms with E-state index in [0.717, 1.165) is 57.8 Å². The fourth-order valence-corrected chi connectivity index (χ4v) is 6.07. The number of aromatic nitrogens is 5. The summed E-state index contributed by atoms with van der Waals surface area (Å²) < 4.78 is 1.79. The number of hydrogen-bond acceptors (Lipinski definition) is 9. The van der Waals surface area contributed by atoms with Crippen molar-refractivity contribution in [3.05, 3.63) is 42.2 Å². The molecule has 2 atom stereocenters. The zero-order chi connectivity index (χ0) is 25.0. The maximum atomic E-state index is 11.8. The Balaban J connectivity index is 1.32. The maximum absolute atomic E-state index is 11.8. The molecule has 3 aliphatic heterocycles. The lowest BCUT2D eigenvalue weighted by atomic mass is 9.88. The topological polar surface area (TPSA) is 115 Å². The molecule has 0 radical (unpaired) electrons. The van der Waals surface area contributed by atoms with Crippen LogP contribution in [0.15, 0.2) is 36.7 Å². The lowest BCUT2D eigenvalue weighted by molar-refractivity contribution is -0.131. The molecular weight excluding hydrogens is 474 g/mol. The number of carbonyl (C=O) groups is 1. The predicted molar refractivity (Wildman–Crippen MR) is 138 cm³/mol. The van der Waals surface area contributed by atoms with Crippen LogP contribution in [0.4, 0.5) is 10.8 Å². The molecule has 0 spiro atoms. The summed E-state index contributed by atoms with van der Waals surface area (Å²) in [5.41, 5.74) is 4.79. The fraction of sp³-hybridized carbons (Fsp3) is 0.360. The van der Waals surface area contributed by atoms with Crippen molar-refractivity contribution in [1.29, 1.82) is 5.26 Å². The van der Waals surface area contributed by atoms with E-state index in [0.29, 0.717) is 17.6 Å². The zero-order valence-electron chi connectivity index (χ0n) is 20.2. The predicted octanol–water partition coefficient (Wildman–Crippen LogP) is 3.42. The van der Waals surface area contributed by atoms with Gasteiger partial charge in [0.1, 0.15) is 6.07 Å². The summed E-state index contributed by atoms with van der Waals surface area (Å²) in [6.07, 6.45) is 4.48. The largest absolute Gasteiger partial charge is 0.382 e. The van der Waals surface area contributed by atoms with Crippen molar-refractivity contribution in [2.24, 2.45) is 0 Å². The standard InChI is InChI=1S/C25H25N9OS/c1-14(2)29-21-8-22(23-5-4-17-6-16(9-26)10-28-34(17)23)27-11-20(21)24-30-31-25(36-24)33-18-7-19(33)13-32(12-18)15(3)35/h4-6,8,10-11,14,18-19H,7,12-13H2,1-3H3,(H,27,29). The van der Waals surface area contributed by atoms with Crippen LogP contribution in [0.2, 0.25) is 0 Å².